The van der Waals surface area contributed by atoms with E-state index in [9.17, 15) is 4.79 Å². The second-order valence-corrected chi connectivity index (χ2v) is 8.62. The van der Waals surface area contributed by atoms with Gasteiger partial charge < -0.3 is 32.2 Å². The smallest absolute Gasteiger partial charge is 0.407 e. The molecule has 0 saturated carbocycles. The van der Waals surface area contributed by atoms with Crippen LogP contribution in [0.1, 0.15) is 39.2 Å². The number of amidine groups is 1. The van der Waals surface area contributed by atoms with Gasteiger partial charge in [0.15, 0.2) is 0 Å². The Morgan fingerprint density at radius 2 is 2.00 bits per heavy atom. The van der Waals surface area contributed by atoms with Gasteiger partial charge in [-0.1, -0.05) is 6.07 Å². The summed E-state index contributed by atoms with van der Waals surface area (Å²) in [6.45, 7) is 6.87. The molecule has 31 heavy (non-hydrogen) atoms. The summed E-state index contributed by atoms with van der Waals surface area (Å²) < 4.78 is 5.37. The number of nitrogen functional groups attached to an aromatic ring is 3. The Hall–Kier alpha value is -3.56. The van der Waals surface area contributed by atoms with Gasteiger partial charge >= 0.3 is 6.09 Å². The van der Waals surface area contributed by atoms with E-state index in [4.69, 9.17) is 27.3 Å². The van der Waals surface area contributed by atoms with Gasteiger partial charge in [-0.25, -0.2) is 9.78 Å². The van der Waals surface area contributed by atoms with Crippen LogP contribution in [-0.2, 0) is 4.74 Å². The number of anilines is 3. The SMILES string of the molecule is CC(C)(C)OC(=O)NC1CCCN(c2cc(-c3ccc(C(=N)N)c(N)c3)nc(N)n2)C1. The standard InChI is InChI=1S/C21H30N8O2/c1-21(2,3)31-20(30)26-13-5-4-8-29(11-13)17-10-16(27-19(25)28-17)12-6-7-14(18(23)24)15(22)9-12/h6-7,9-10,13H,4-5,8,11,22H2,1-3H3,(H3,23,24)(H,26,30)(H2,25,27,28). The summed E-state index contributed by atoms with van der Waals surface area (Å²) in [4.78, 5) is 22.9. The summed E-state index contributed by atoms with van der Waals surface area (Å²) in [5.41, 5.74) is 19.2. The Labute approximate surface area is 181 Å². The molecule has 1 atom stereocenters. The van der Waals surface area contributed by atoms with Crippen LogP contribution in [0.25, 0.3) is 11.3 Å². The van der Waals surface area contributed by atoms with Crippen LogP contribution >= 0.6 is 0 Å². The normalized spacial score (nSPS) is 16.6. The molecule has 1 aliphatic rings. The number of ether oxygens (including phenoxy) is 1. The van der Waals surface area contributed by atoms with Gasteiger partial charge in [0.1, 0.15) is 17.3 Å². The number of hydrogen-bond acceptors (Lipinski definition) is 8. The number of amides is 1. The minimum atomic E-state index is -0.547. The van der Waals surface area contributed by atoms with Crippen LogP contribution in [0.4, 0.5) is 22.2 Å². The van der Waals surface area contributed by atoms with E-state index in [1.807, 2.05) is 26.8 Å². The lowest BCUT2D eigenvalue weighted by Crippen LogP contribution is -2.49. The number of nitrogens with zero attached hydrogens (tertiary/aromatic N) is 3. The summed E-state index contributed by atoms with van der Waals surface area (Å²) in [6, 6.07) is 6.97. The highest BCUT2D eigenvalue weighted by Gasteiger charge is 2.25. The fourth-order valence-electron chi connectivity index (χ4n) is 3.51. The number of carbonyl (C=O) groups excluding carboxylic acids is 1. The van der Waals surface area contributed by atoms with Gasteiger partial charge in [0.2, 0.25) is 5.95 Å². The molecule has 1 fully saturated rings. The Bertz CT molecular complexity index is 986. The Morgan fingerprint density at radius 3 is 2.65 bits per heavy atom. The van der Waals surface area contributed by atoms with E-state index in [2.05, 4.69) is 20.2 Å². The van der Waals surface area contributed by atoms with Gasteiger partial charge in [-0.3, -0.25) is 5.41 Å². The molecule has 1 unspecified atom stereocenters. The van der Waals surface area contributed by atoms with Crippen molar-refractivity contribution in [2.24, 2.45) is 5.73 Å². The minimum absolute atomic E-state index is 0.0614. The molecule has 1 amide bonds. The molecule has 0 aliphatic carbocycles. The van der Waals surface area contributed by atoms with Crippen LogP contribution in [0.3, 0.4) is 0 Å². The Kier molecular flexibility index (Phi) is 6.19. The molecule has 3 rings (SSSR count). The molecule has 2 heterocycles. The van der Waals surface area contributed by atoms with Gasteiger partial charge in [-0.2, -0.15) is 4.98 Å². The van der Waals surface area contributed by atoms with Crippen molar-refractivity contribution < 1.29 is 9.53 Å². The first-order valence-corrected chi connectivity index (χ1v) is 10.1. The summed E-state index contributed by atoms with van der Waals surface area (Å²) in [5.74, 6) is 0.722. The topological polar surface area (TPSA) is 169 Å². The van der Waals surface area contributed by atoms with Crippen LogP contribution in [0.2, 0.25) is 0 Å². The van der Waals surface area contributed by atoms with Crippen LogP contribution < -0.4 is 27.4 Å². The fourth-order valence-corrected chi connectivity index (χ4v) is 3.51. The van der Waals surface area contributed by atoms with Crippen LogP contribution in [0.5, 0.6) is 0 Å². The second-order valence-electron chi connectivity index (χ2n) is 8.62. The number of nitrogens with two attached hydrogens (primary N) is 3. The average Bonchev–Trinajstić information content (AvgIpc) is 2.65. The lowest BCUT2D eigenvalue weighted by atomic mass is 10.0. The highest BCUT2D eigenvalue weighted by molar-refractivity contribution is 6.00. The van der Waals surface area contributed by atoms with Gasteiger partial charge in [0.25, 0.3) is 0 Å². The van der Waals surface area contributed by atoms with Gasteiger partial charge in [-0.15, -0.1) is 0 Å². The third-order valence-corrected chi connectivity index (χ3v) is 4.83. The van der Waals surface area contributed by atoms with Gasteiger partial charge in [0.05, 0.1) is 5.69 Å². The Morgan fingerprint density at radius 1 is 1.26 bits per heavy atom. The molecule has 10 nitrogen and oxygen atoms in total. The highest BCUT2D eigenvalue weighted by Crippen LogP contribution is 2.27. The number of hydrogen-bond donors (Lipinski definition) is 5. The van der Waals surface area contributed by atoms with Crippen molar-refractivity contribution >= 4 is 29.4 Å². The zero-order valence-corrected chi connectivity index (χ0v) is 18.1. The van der Waals surface area contributed by atoms with E-state index < -0.39 is 11.7 Å². The third kappa shape index (κ3) is 5.74. The van der Waals surface area contributed by atoms with Gasteiger partial charge in [-0.05, 0) is 45.7 Å². The summed E-state index contributed by atoms with van der Waals surface area (Å²) in [6.07, 6.45) is 1.31. The Balaban J connectivity index is 1.79. The maximum absolute atomic E-state index is 12.1. The summed E-state index contributed by atoms with van der Waals surface area (Å²) >= 11 is 0. The van der Waals surface area contributed by atoms with E-state index in [-0.39, 0.29) is 17.8 Å². The molecule has 8 N–H and O–H groups in total. The first-order valence-electron chi connectivity index (χ1n) is 10.1. The maximum Gasteiger partial charge on any atom is 0.407 e. The molecular formula is C21H30N8O2. The molecule has 0 spiro atoms. The van der Waals surface area contributed by atoms with Gasteiger partial charge in [0, 0.05) is 42.0 Å². The zero-order valence-electron chi connectivity index (χ0n) is 18.1. The maximum atomic E-state index is 12.1. The number of aromatic nitrogens is 2. The number of nitrogens with one attached hydrogen (secondary N) is 2. The first-order chi connectivity index (χ1) is 14.5. The molecular weight excluding hydrogens is 396 g/mol. The predicted octanol–water partition coefficient (Wildman–Crippen LogP) is 2.09. The van der Waals surface area contributed by atoms with Crippen LogP contribution in [0, 0.1) is 5.41 Å². The van der Waals surface area contributed by atoms with Crippen LogP contribution in [-0.4, -0.2) is 46.6 Å². The quantitative estimate of drug-likeness (QED) is 0.281. The fraction of sp³-hybridized carbons (Fsp3) is 0.429. The van der Waals surface area contributed by atoms with Crippen molar-refractivity contribution in [2.45, 2.75) is 45.3 Å². The molecule has 0 bridgehead atoms. The molecule has 0 radical (unpaired) electrons. The highest BCUT2D eigenvalue weighted by atomic mass is 16.6. The molecule has 1 saturated heterocycles. The second kappa shape index (κ2) is 8.66. The number of benzene rings is 1. The minimum Gasteiger partial charge on any atom is -0.444 e. The van der Waals surface area contributed by atoms with Crippen molar-refractivity contribution in [2.75, 3.05) is 29.5 Å². The molecule has 10 heteroatoms. The lowest BCUT2D eigenvalue weighted by molar-refractivity contribution is 0.0500. The van der Waals surface area contributed by atoms with E-state index in [0.717, 1.165) is 24.9 Å². The van der Waals surface area contributed by atoms with E-state index in [1.165, 1.54) is 0 Å². The number of carbonyl (C=O) groups is 1. The number of alkyl carbamates (subject to hydrolysis) is 1. The number of rotatable bonds is 4. The molecule has 2 aromatic rings. The number of piperidine rings is 1. The van der Waals surface area contributed by atoms with Crippen molar-refractivity contribution in [3.63, 3.8) is 0 Å². The summed E-state index contributed by atoms with van der Waals surface area (Å²) in [7, 11) is 0. The molecule has 1 aromatic carbocycles. The van der Waals surface area contributed by atoms with Crippen molar-refractivity contribution in [1.29, 1.82) is 5.41 Å². The van der Waals surface area contributed by atoms with Crippen molar-refractivity contribution in [3.8, 4) is 11.3 Å². The lowest BCUT2D eigenvalue weighted by Gasteiger charge is -2.34. The molecule has 1 aromatic heterocycles. The van der Waals surface area contributed by atoms with E-state index in [0.29, 0.717) is 29.3 Å². The first kappa shape index (κ1) is 22.1. The van der Waals surface area contributed by atoms with Crippen molar-refractivity contribution in [3.05, 3.63) is 29.8 Å². The largest absolute Gasteiger partial charge is 0.444 e. The zero-order chi connectivity index (χ0) is 22.8. The van der Waals surface area contributed by atoms with Crippen LogP contribution in [0.15, 0.2) is 24.3 Å². The van der Waals surface area contributed by atoms with E-state index >= 15 is 0 Å². The summed E-state index contributed by atoms with van der Waals surface area (Å²) in [5, 5.41) is 10.5. The molecule has 166 valence electrons. The third-order valence-electron chi connectivity index (χ3n) is 4.83. The monoisotopic (exact) mass is 426 g/mol. The predicted molar refractivity (Wildman–Crippen MR) is 122 cm³/mol. The average molecular weight is 427 g/mol. The van der Waals surface area contributed by atoms with Crippen molar-refractivity contribution in [1.82, 2.24) is 15.3 Å². The molecule has 1 aliphatic heterocycles. The van der Waals surface area contributed by atoms with E-state index in [1.54, 1.807) is 18.2 Å².